The number of hydrogen-bond donors (Lipinski definition) is 0. The van der Waals surface area contributed by atoms with Crippen molar-refractivity contribution in [1.82, 2.24) is 9.55 Å². The van der Waals surface area contributed by atoms with Gasteiger partial charge in [0.05, 0.1) is 21.7 Å². The third-order valence-electron chi connectivity index (χ3n) is 4.73. The van der Waals surface area contributed by atoms with Crippen molar-refractivity contribution in [2.75, 3.05) is 0 Å². The number of aromatic nitrogens is 2. The number of rotatable bonds is 2. The molecule has 0 aliphatic rings. The molecule has 2 aromatic carbocycles. The Hall–Kier alpha value is -3.02. The van der Waals surface area contributed by atoms with Crippen LogP contribution in [0, 0.1) is 5.82 Å². The van der Waals surface area contributed by atoms with Crippen molar-refractivity contribution >= 4 is 44.7 Å². The van der Waals surface area contributed by atoms with Crippen LogP contribution in [-0.4, -0.2) is 9.55 Å². The van der Waals surface area contributed by atoms with Crippen molar-refractivity contribution in [2.45, 2.75) is 0 Å². The summed E-state index contributed by atoms with van der Waals surface area (Å²) in [4.78, 5) is 17.3. The van der Waals surface area contributed by atoms with E-state index in [1.807, 2.05) is 23.6 Å². The maximum Gasteiger partial charge on any atom is 0.255 e. The number of hydrogen-bond acceptors (Lipinski definition) is 3. The van der Waals surface area contributed by atoms with E-state index < -0.39 is 5.82 Å². The third-order valence-corrected chi connectivity index (χ3v) is 5.71. The molecule has 0 spiro atoms. The summed E-state index contributed by atoms with van der Waals surface area (Å²) in [6, 6.07) is 15.6. The van der Waals surface area contributed by atoms with Crippen LogP contribution in [0.4, 0.5) is 4.39 Å². The lowest BCUT2D eigenvalue weighted by Crippen LogP contribution is -2.17. The first-order valence-electron chi connectivity index (χ1n) is 8.54. The lowest BCUT2D eigenvalue weighted by molar-refractivity contribution is 0.628. The first-order valence-corrected chi connectivity index (χ1v) is 9.86. The largest absolute Gasteiger partial charge is 0.276 e. The van der Waals surface area contributed by atoms with Gasteiger partial charge < -0.3 is 0 Å². The van der Waals surface area contributed by atoms with E-state index >= 15 is 0 Å². The lowest BCUT2D eigenvalue weighted by atomic mass is 10.0. The fourth-order valence-electron chi connectivity index (χ4n) is 3.40. The van der Waals surface area contributed by atoms with Crippen molar-refractivity contribution < 1.29 is 4.39 Å². The summed E-state index contributed by atoms with van der Waals surface area (Å²) in [7, 11) is 0. The van der Waals surface area contributed by atoms with Crippen LogP contribution in [0.5, 0.6) is 0 Å². The SMILES string of the molecule is O=c1ccc2cnc3ccc(-c4ccsc4)cc3c2n1-c1ccc(F)c(Cl)c1. The topological polar surface area (TPSA) is 34.9 Å². The molecular formula is C22H12ClFN2OS. The van der Waals surface area contributed by atoms with Crippen LogP contribution in [0.1, 0.15) is 0 Å². The zero-order valence-corrected chi connectivity index (χ0v) is 16.0. The Balaban J connectivity index is 1.91. The van der Waals surface area contributed by atoms with Crippen LogP contribution >= 0.6 is 22.9 Å². The number of thiophene rings is 1. The fraction of sp³-hybridized carbons (Fsp3) is 0. The Kier molecular flexibility index (Phi) is 4.00. The zero-order chi connectivity index (χ0) is 19.3. The molecule has 3 nitrogen and oxygen atoms in total. The van der Waals surface area contributed by atoms with Gasteiger partial charge in [-0.15, -0.1) is 0 Å². The Morgan fingerprint density at radius 3 is 2.68 bits per heavy atom. The molecule has 0 aliphatic carbocycles. The lowest BCUT2D eigenvalue weighted by Gasteiger charge is -2.13. The highest BCUT2D eigenvalue weighted by Crippen LogP contribution is 2.30. The van der Waals surface area contributed by atoms with Crippen LogP contribution in [0.25, 0.3) is 38.6 Å². The highest BCUT2D eigenvalue weighted by Gasteiger charge is 2.13. The molecule has 3 heterocycles. The molecule has 28 heavy (non-hydrogen) atoms. The molecule has 0 saturated heterocycles. The van der Waals surface area contributed by atoms with Crippen LogP contribution < -0.4 is 5.56 Å². The van der Waals surface area contributed by atoms with Gasteiger partial charge in [-0.3, -0.25) is 14.3 Å². The van der Waals surface area contributed by atoms with E-state index in [2.05, 4.69) is 16.4 Å². The van der Waals surface area contributed by atoms with Crippen molar-refractivity contribution in [3.8, 4) is 16.8 Å². The van der Waals surface area contributed by atoms with Crippen molar-refractivity contribution in [2.24, 2.45) is 0 Å². The van der Waals surface area contributed by atoms with E-state index in [0.29, 0.717) is 5.69 Å². The molecule has 0 atom stereocenters. The van der Waals surface area contributed by atoms with E-state index in [9.17, 15) is 9.18 Å². The van der Waals surface area contributed by atoms with E-state index in [-0.39, 0.29) is 10.6 Å². The average molecular weight is 407 g/mol. The van der Waals surface area contributed by atoms with E-state index in [1.165, 1.54) is 18.2 Å². The average Bonchev–Trinajstić information content (AvgIpc) is 3.24. The fourth-order valence-corrected chi connectivity index (χ4v) is 4.24. The standard InChI is InChI=1S/C22H12ClFN2OS/c23-18-10-16(3-4-19(18)24)26-21(27)6-2-14-11-25-20-5-1-13(9-17(20)22(14)26)15-7-8-28-12-15/h1-12H. The first kappa shape index (κ1) is 17.1. The van der Waals surface area contributed by atoms with Gasteiger partial charge in [0.2, 0.25) is 0 Å². The summed E-state index contributed by atoms with van der Waals surface area (Å²) in [5.41, 5.74) is 3.94. The second-order valence-electron chi connectivity index (χ2n) is 6.41. The Bertz CT molecular complexity index is 1410. The summed E-state index contributed by atoms with van der Waals surface area (Å²) in [6.07, 6.45) is 1.74. The Morgan fingerprint density at radius 2 is 1.89 bits per heavy atom. The van der Waals surface area contributed by atoms with E-state index in [0.717, 1.165) is 32.9 Å². The summed E-state index contributed by atoms with van der Waals surface area (Å²) in [6.45, 7) is 0. The summed E-state index contributed by atoms with van der Waals surface area (Å²) in [5, 5.41) is 5.73. The minimum atomic E-state index is -0.523. The summed E-state index contributed by atoms with van der Waals surface area (Å²) in [5.74, 6) is -0.523. The number of fused-ring (bicyclic) bond motifs is 3. The molecule has 5 aromatic rings. The van der Waals surface area contributed by atoms with Crippen molar-refractivity contribution in [1.29, 1.82) is 0 Å². The van der Waals surface area contributed by atoms with Crippen LogP contribution in [0.2, 0.25) is 5.02 Å². The van der Waals surface area contributed by atoms with Gasteiger partial charge in [0.1, 0.15) is 5.82 Å². The molecular weight excluding hydrogens is 395 g/mol. The first-order chi connectivity index (χ1) is 13.6. The van der Waals surface area contributed by atoms with Crippen LogP contribution in [-0.2, 0) is 0 Å². The van der Waals surface area contributed by atoms with Gasteiger partial charge in [-0.2, -0.15) is 11.3 Å². The molecule has 0 unspecified atom stereocenters. The number of benzene rings is 2. The van der Waals surface area contributed by atoms with Crippen molar-refractivity contribution in [3.63, 3.8) is 0 Å². The van der Waals surface area contributed by atoms with Gasteiger partial charge in [0.15, 0.2) is 0 Å². The van der Waals surface area contributed by atoms with Gasteiger partial charge in [0, 0.05) is 23.0 Å². The molecule has 136 valence electrons. The maximum absolute atomic E-state index is 13.7. The molecule has 0 fully saturated rings. The number of nitrogens with zero attached hydrogens (tertiary/aromatic N) is 2. The number of halogens is 2. The quantitative estimate of drug-likeness (QED) is 0.334. The molecule has 0 amide bonds. The predicted molar refractivity (Wildman–Crippen MR) is 113 cm³/mol. The molecule has 5 rings (SSSR count). The number of pyridine rings is 2. The second-order valence-corrected chi connectivity index (χ2v) is 7.60. The van der Waals surface area contributed by atoms with Gasteiger partial charge in [-0.05, 0) is 64.4 Å². The highest BCUT2D eigenvalue weighted by atomic mass is 35.5. The van der Waals surface area contributed by atoms with Crippen LogP contribution in [0.3, 0.4) is 0 Å². The molecule has 0 aliphatic heterocycles. The zero-order valence-electron chi connectivity index (χ0n) is 14.4. The maximum atomic E-state index is 13.7. The molecule has 0 radical (unpaired) electrons. The Morgan fingerprint density at radius 1 is 1.00 bits per heavy atom. The predicted octanol–water partition coefficient (Wildman–Crippen LogP) is 6.06. The van der Waals surface area contributed by atoms with E-state index in [1.54, 1.807) is 34.2 Å². The third kappa shape index (κ3) is 2.71. The highest BCUT2D eigenvalue weighted by molar-refractivity contribution is 7.08. The molecule has 6 heteroatoms. The molecule has 0 saturated carbocycles. The van der Waals surface area contributed by atoms with Gasteiger partial charge >= 0.3 is 0 Å². The second kappa shape index (κ2) is 6.55. The molecule has 0 N–H and O–H groups in total. The molecule has 3 aromatic heterocycles. The van der Waals surface area contributed by atoms with Crippen molar-refractivity contribution in [3.05, 3.63) is 92.7 Å². The Labute approximate surface area is 168 Å². The monoisotopic (exact) mass is 406 g/mol. The van der Waals surface area contributed by atoms with E-state index in [4.69, 9.17) is 11.6 Å². The summed E-state index contributed by atoms with van der Waals surface area (Å²) >= 11 is 7.60. The molecule has 0 bridgehead atoms. The van der Waals surface area contributed by atoms with Gasteiger partial charge in [0.25, 0.3) is 5.56 Å². The smallest absolute Gasteiger partial charge is 0.255 e. The van der Waals surface area contributed by atoms with Gasteiger partial charge in [-0.25, -0.2) is 4.39 Å². The minimum Gasteiger partial charge on any atom is -0.276 e. The summed E-state index contributed by atoms with van der Waals surface area (Å²) < 4.78 is 15.2. The van der Waals surface area contributed by atoms with Crippen LogP contribution in [0.15, 0.2) is 76.3 Å². The normalized spacial score (nSPS) is 11.4. The minimum absolute atomic E-state index is 0.0290. The van der Waals surface area contributed by atoms with Gasteiger partial charge in [-0.1, -0.05) is 17.7 Å².